The van der Waals surface area contributed by atoms with Gasteiger partial charge < -0.3 is 0 Å². The summed E-state index contributed by atoms with van der Waals surface area (Å²) in [5.74, 6) is 0. The molecule has 12 heteroatoms. The highest BCUT2D eigenvalue weighted by atomic mass is 16.2. The van der Waals surface area contributed by atoms with Crippen molar-refractivity contribution in [3.05, 3.63) is 99.3 Å². The van der Waals surface area contributed by atoms with E-state index in [0.29, 0.717) is 10.8 Å². The van der Waals surface area contributed by atoms with Crippen molar-refractivity contribution in [2.24, 2.45) is 0 Å². The molecule has 0 fully saturated rings. The summed E-state index contributed by atoms with van der Waals surface area (Å²) in [7, 11) is 0. The van der Waals surface area contributed by atoms with Gasteiger partial charge in [-0.15, -0.1) is 0 Å². The standard InChI is InChI=1S/C16H10N6O6/c23-11-17-13(25)21(14(26)18-11)9-3-1-7-2-4-10(6-8(7)5-9)22-15(27)19-12(24)20-16(22)28/h1-6H,(H2,17,18,23,25,26)(H2,19,20,24,27,28). The van der Waals surface area contributed by atoms with Crippen molar-refractivity contribution < 1.29 is 0 Å². The van der Waals surface area contributed by atoms with E-state index in [4.69, 9.17) is 0 Å². The number of aromatic nitrogens is 6. The summed E-state index contributed by atoms with van der Waals surface area (Å²) in [5.41, 5.74) is -5.20. The molecule has 2 aromatic carbocycles. The SMILES string of the molecule is O=c1[nH]c(=O)n(-c2ccc3ccc(-n4c(=O)[nH]c(=O)[nH]c4=O)cc3c2)c(=O)[nH]1. The number of fused-ring (bicyclic) bond motifs is 1. The van der Waals surface area contributed by atoms with E-state index < -0.39 is 34.1 Å². The minimum atomic E-state index is -0.925. The first-order valence-electron chi connectivity index (χ1n) is 7.79. The first kappa shape index (κ1) is 17.0. The third-order valence-electron chi connectivity index (χ3n) is 4.02. The lowest BCUT2D eigenvalue weighted by molar-refractivity contribution is 0.784. The van der Waals surface area contributed by atoms with Gasteiger partial charge in [0.1, 0.15) is 0 Å². The highest BCUT2D eigenvalue weighted by molar-refractivity contribution is 5.86. The van der Waals surface area contributed by atoms with Crippen molar-refractivity contribution in [2.45, 2.75) is 0 Å². The van der Waals surface area contributed by atoms with Gasteiger partial charge in [0, 0.05) is 0 Å². The average Bonchev–Trinajstić information content (AvgIpc) is 2.59. The van der Waals surface area contributed by atoms with Gasteiger partial charge in [-0.2, -0.15) is 0 Å². The van der Waals surface area contributed by atoms with Crippen LogP contribution in [0.2, 0.25) is 0 Å². The third kappa shape index (κ3) is 2.74. The van der Waals surface area contributed by atoms with Crippen LogP contribution >= 0.6 is 0 Å². The minimum absolute atomic E-state index is 0.162. The molecule has 4 rings (SSSR count). The monoisotopic (exact) mass is 382 g/mol. The van der Waals surface area contributed by atoms with E-state index in [1.807, 2.05) is 19.9 Å². The molecule has 0 spiro atoms. The zero-order chi connectivity index (χ0) is 20.0. The molecule has 0 atom stereocenters. The van der Waals surface area contributed by atoms with Crippen LogP contribution in [-0.4, -0.2) is 29.1 Å². The summed E-state index contributed by atoms with van der Waals surface area (Å²) in [4.78, 5) is 78.1. The molecule has 2 heterocycles. The number of hydrogen-bond donors (Lipinski definition) is 4. The van der Waals surface area contributed by atoms with Crippen molar-refractivity contribution in [1.82, 2.24) is 29.1 Å². The fourth-order valence-corrected chi connectivity index (χ4v) is 2.83. The third-order valence-corrected chi connectivity index (χ3v) is 4.02. The van der Waals surface area contributed by atoms with Crippen LogP contribution in [0.25, 0.3) is 22.1 Å². The number of rotatable bonds is 2. The molecule has 0 bridgehead atoms. The lowest BCUT2D eigenvalue weighted by Crippen LogP contribution is -2.42. The summed E-state index contributed by atoms with van der Waals surface area (Å²) in [6, 6.07) is 9.17. The molecule has 4 N–H and O–H groups in total. The maximum atomic E-state index is 12.0. The largest absolute Gasteiger partial charge is 0.338 e. The molecule has 4 aromatic rings. The smallest absolute Gasteiger partial charge is 0.258 e. The van der Waals surface area contributed by atoms with E-state index in [1.54, 1.807) is 12.1 Å². The molecule has 140 valence electrons. The molecule has 28 heavy (non-hydrogen) atoms. The number of nitrogens with zero attached hydrogens (tertiary/aromatic N) is 2. The van der Waals surface area contributed by atoms with Crippen molar-refractivity contribution >= 4 is 10.8 Å². The molecule has 0 saturated heterocycles. The number of nitrogens with one attached hydrogen (secondary N) is 4. The van der Waals surface area contributed by atoms with Crippen LogP contribution in [0.5, 0.6) is 0 Å². The van der Waals surface area contributed by atoms with E-state index in [-0.39, 0.29) is 11.4 Å². The van der Waals surface area contributed by atoms with Crippen molar-refractivity contribution in [3.63, 3.8) is 0 Å². The second-order valence-electron chi connectivity index (χ2n) is 5.77. The van der Waals surface area contributed by atoms with Crippen LogP contribution in [0, 0.1) is 0 Å². The van der Waals surface area contributed by atoms with Gasteiger partial charge in [0.15, 0.2) is 0 Å². The van der Waals surface area contributed by atoms with Gasteiger partial charge in [-0.25, -0.2) is 37.9 Å². The normalized spacial score (nSPS) is 11.0. The molecule has 0 aliphatic rings. The zero-order valence-corrected chi connectivity index (χ0v) is 13.8. The Hall–Kier alpha value is -4.48. The van der Waals surface area contributed by atoms with E-state index in [9.17, 15) is 28.8 Å². The van der Waals surface area contributed by atoms with Gasteiger partial charge >= 0.3 is 34.1 Å². The maximum Gasteiger partial charge on any atom is 0.338 e. The van der Waals surface area contributed by atoms with Crippen LogP contribution in [0.3, 0.4) is 0 Å². The van der Waals surface area contributed by atoms with Crippen molar-refractivity contribution in [2.75, 3.05) is 0 Å². The molecule has 0 aliphatic carbocycles. The number of H-pyrrole nitrogens is 4. The summed E-state index contributed by atoms with van der Waals surface area (Å²) in [5, 5.41) is 1.18. The molecule has 0 amide bonds. The first-order chi connectivity index (χ1) is 13.3. The summed E-state index contributed by atoms with van der Waals surface area (Å²) in [6.07, 6.45) is 0. The fraction of sp³-hybridized carbons (Fsp3) is 0. The van der Waals surface area contributed by atoms with Crippen LogP contribution in [0.4, 0.5) is 0 Å². The van der Waals surface area contributed by atoms with E-state index >= 15 is 0 Å². The lowest BCUT2D eigenvalue weighted by Gasteiger charge is -2.08. The Morgan fingerprint density at radius 1 is 0.500 bits per heavy atom. The topological polar surface area (TPSA) is 175 Å². The van der Waals surface area contributed by atoms with Gasteiger partial charge in [-0.05, 0) is 35.0 Å². The Kier molecular flexibility index (Phi) is 3.66. The number of hydrogen-bond acceptors (Lipinski definition) is 6. The molecule has 0 saturated carbocycles. The Morgan fingerprint density at radius 2 is 0.857 bits per heavy atom. The molecule has 2 aromatic heterocycles. The Morgan fingerprint density at radius 3 is 1.21 bits per heavy atom. The zero-order valence-electron chi connectivity index (χ0n) is 13.8. The van der Waals surface area contributed by atoms with E-state index in [1.165, 1.54) is 24.3 Å². The summed E-state index contributed by atoms with van der Waals surface area (Å²) < 4.78 is 1.46. The second kappa shape index (κ2) is 6.05. The highest BCUT2D eigenvalue weighted by Gasteiger charge is 2.09. The molecule has 12 nitrogen and oxygen atoms in total. The lowest BCUT2D eigenvalue weighted by atomic mass is 10.1. The predicted molar refractivity (Wildman–Crippen MR) is 97.6 cm³/mol. The Bertz CT molecular complexity index is 1410. The molecule has 0 radical (unpaired) electrons. The summed E-state index contributed by atoms with van der Waals surface area (Å²) in [6.45, 7) is 0. The quantitative estimate of drug-likeness (QED) is 0.308. The molecular weight excluding hydrogens is 372 g/mol. The molecule has 0 aliphatic heterocycles. The maximum absolute atomic E-state index is 12.0. The highest BCUT2D eigenvalue weighted by Crippen LogP contribution is 2.19. The van der Waals surface area contributed by atoms with Crippen LogP contribution in [-0.2, 0) is 0 Å². The molecular formula is C16H10N6O6. The van der Waals surface area contributed by atoms with Gasteiger partial charge in [0.05, 0.1) is 11.4 Å². The Labute approximate surface area is 151 Å². The molecule has 0 unspecified atom stereocenters. The average molecular weight is 382 g/mol. The summed E-state index contributed by atoms with van der Waals surface area (Å²) >= 11 is 0. The second-order valence-corrected chi connectivity index (χ2v) is 5.77. The first-order valence-corrected chi connectivity index (χ1v) is 7.79. The minimum Gasteiger partial charge on any atom is -0.258 e. The number of benzene rings is 2. The van der Waals surface area contributed by atoms with E-state index in [2.05, 4.69) is 0 Å². The van der Waals surface area contributed by atoms with Gasteiger partial charge in [-0.3, -0.25) is 19.9 Å². The van der Waals surface area contributed by atoms with Crippen LogP contribution < -0.4 is 34.1 Å². The van der Waals surface area contributed by atoms with Gasteiger partial charge in [0.2, 0.25) is 0 Å². The Balaban J connectivity index is 1.97. The van der Waals surface area contributed by atoms with E-state index in [0.717, 1.165) is 9.13 Å². The predicted octanol–water partition coefficient (Wildman–Crippen LogP) is -2.11. The van der Waals surface area contributed by atoms with Crippen LogP contribution in [0.15, 0.2) is 65.2 Å². The van der Waals surface area contributed by atoms with Gasteiger partial charge in [-0.1, -0.05) is 12.1 Å². The van der Waals surface area contributed by atoms with Crippen LogP contribution in [0.1, 0.15) is 0 Å². The van der Waals surface area contributed by atoms with Crippen molar-refractivity contribution in [3.8, 4) is 11.4 Å². The fourth-order valence-electron chi connectivity index (χ4n) is 2.83. The van der Waals surface area contributed by atoms with Crippen molar-refractivity contribution in [1.29, 1.82) is 0 Å². The number of aromatic amines is 4. The van der Waals surface area contributed by atoms with Gasteiger partial charge in [0.25, 0.3) is 0 Å².